The van der Waals surface area contributed by atoms with Crippen molar-refractivity contribution in [3.05, 3.63) is 0 Å². The molecule has 0 unspecified atom stereocenters. The minimum absolute atomic E-state index is 0.0306. The fourth-order valence-corrected chi connectivity index (χ4v) is 0.965. The van der Waals surface area contributed by atoms with E-state index in [1.165, 1.54) is 0 Å². The Labute approximate surface area is 81.3 Å². The Kier molecular flexibility index (Phi) is 4.72. The van der Waals surface area contributed by atoms with Crippen LogP contribution in [0, 0.1) is 12.3 Å². The number of carbonyl (C=O) groups excluding carboxylic acids is 1. The fraction of sp³-hybridized carbons (Fsp3) is 0.727. The van der Waals surface area contributed by atoms with Crippen molar-refractivity contribution < 1.29 is 4.79 Å². The van der Waals surface area contributed by atoms with E-state index in [-0.39, 0.29) is 11.3 Å². The maximum atomic E-state index is 11.2. The van der Waals surface area contributed by atoms with Crippen LogP contribution in [-0.4, -0.2) is 29.3 Å². The molecule has 0 radical (unpaired) electrons. The molecule has 0 aliphatic carbocycles. The highest BCUT2D eigenvalue weighted by Crippen LogP contribution is 2.12. The van der Waals surface area contributed by atoms with E-state index < -0.39 is 0 Å². The normalized spacial score (nSPS) is 11.4. The number of Topliss-reactive ketones (excluding diaryl/α,β-unsaturated/α-hetero) is 1. The van der Waals surface area contributed by atoms with Crippen LogP contribution >= 0.6 is 0 Å². The summed E-state index contributed by atoms with van der Waals surface area (Å²) in [6, 6.07) is 0. The molecule has 0 rings (SSSR count). The summed E-state index contributed by atoms with van der Waals surface area (Å²) in [7, 11) is 0. The minimum Gasteiger partial charge on any atom is -0.298 e. The molecular formula is C11H19NO. The van der Waals surface area contributed by atoms with E-state index in [1.54, 1.807) is 0 Å². The molecule has 0 spiro atoms. The molecule has 13 heavy (non-hydrogen) atoms. The van der Waals surface area contributed by atoms with Gasteiger partial charge in [0.15, 0.2) is 0 Å². The summed E-state index contributed by atoms with van der Waals surface area (Å²) in [6.07, 6.45) is 5.82. The Morgan fingerprint density at radius 3 is 2.31 bits per heavy atom. The van der Waals surface area contributed by atoms with E-state index in [1.807, 2.05) is 11.8 Å². The molecular weight excluding hydrogens is 162 g/mol. The van der Waals surface area contributed by atoms with Crippen molar-refractivity contribution in [2.75, 3.05) is 13.1 Å². The van der Waals surface area contributed by atoms with E-state index in [0.29, 0.717) is 19.5 Å². The first-order valence-corrected chi connectivity index (χ1v) is 4.62. The number of hydrogen-bond acceptors (Lipinski definition) is 2. The van der Waals surface area contributed by atoms with E-state index in [4.69, 9.17) is 6.42 Å². The van der Waals surface area contributed by atoms with Crippen molar-refractivity contribution in [1.29, 1.82) is 0 Å². The molecule has 0 saturated carbocycles. The summed E-state index contributed by atoms with van der Waals surface area (Å²) < 4.78 is 0. The molecule has 2 nitrogen and oxygen atoms in total. The van der Waals surface area contributed by atoms with Crippen LogP contribution < -0.4 is 0 Å². The second kappa shape index (κ2) is 5.04. The molecule has 0 aromatic carbocycles. The summed E-state index contributed by atoms with van der Waals surface area (Å²) >= 11 is 0. The predicted molar refractivity (Wildman–Crippen MR) is 55.5 cm³/mol. The number of terminal acetylenes is 1. The van der Waals surface area contributed by atoms with Gasteiger partial charge in [0.25, 0.3) is 0 Å². The Balaban J connectivity index is 4.28. The number of carbonyl (C=O) groups is 1. The molecule has 0 aliphatic rings. The second-order valence-corrected chi connectivity index (χ2v) is 4.12. The van der Waals surface area contributed by atoms with Gasteiger partial charge in [-0.25, -0.2) is 0 Å². The first kappa shape index (κ1) is 12.2. The highest BCUT2D eigenvalue weighted by Gasteiger charge is 2.21. The zero-order chi connectivity index (χ0) is 10.5. The zero-order valence-corrected chi connectivity index (χ0v) is 9.05. The van der Waals surface area contributed by atoms with Gasteiger partial charge in [0.2, 0.25) is 0 Å². The van der Waals surface area contributed by atoms with E-state index in [2.05, 4.69) is 26.7 Å². The van der Waals surface area contributed by atoms with E-state index in [9.17, 15) is 4.79 Å². The lowest BCUT2D eigenvalue weighted by molar-refractivity contribution is -0.120. The summed E-state index contributed by atoms with van der Waals surface area (Å²) in [5.41, 5.74) is -0.0306. The van der Waals surface area contributed by atoms with Gasteiger partial charge in [-0.05, 0) is 20.8 Å². The molecule has 0 atom stereocenters. The number of hydrogen-bond donors (Lipinski definition) is 0. The van der Waals surface area contributed by atoms with E-state index >= 15 is 0 Å². The van der Waals surface area contributed by atoms with Gasteiger partial charge in [-0.1, -0.05) is 12.8 Å². The second-order valence-electron chi connectivity index (χ2n) is 4.12. The third-order valence-electron chi connectivity index (χ3n) is 1.99. The SMILES string of the molecule is C#CCN(CC(=O)CC)C(C)(C)C. The van der Waals surface area contributed by atoms with Gasteiger partial charge in [-0.15, -0.1) is 6.42 Å². The third-order valence-corrected chi connectivity index (χ3v) is 1.99. The topological polar surface area (TPSA) is 20.3 Å². The maximum Gasteiger partial charge on any atom is 0.146 e. The van der Waals surface area contributed by atoms with Crippen LogP contribution in [0.2, 0.25) is 0 Å². The highest BCUT2D eigenvalue weighted by atomic mass is 16.1. The Bertz CT molecular complexity index is 207. The quantitative estimate of drug-likeness (QED) is 0.615. The van der Waals surface area contributed by atoms with Crippen LogP contribution in [0.1, 0.15) is 34.1 Å². The lowest BCUT2D eigenvalue weighted by Gasteiger charge is -2.33. The van der Waals surface area contributed by atoms with Crippen molar-refractivity contribution in [3.8, 4) is 12.3 Å². The van der Waals surface area contributed by atoms with Crippen LogP contribution in [0.4, 0.5) is 0 Å². The monoisotopic (exact) mass is 181 g/mol. The average Bonchev–Trinajstić information content (AvgIpc) is 2.01. The summed E-state index contributed by atoms with van der Waals surface area (Å²) in [6.45, 7) is 9.06. The van der Waals surface area contributed by atoms with Crippen LogP contribution in [0.3, 0.4) is 0 Å². The van der Waals surface area contributed by atoms with Crippen molar-refractivity contribution in [2.24, 2.45) is 0 Å². The Hall–Kier alpha value is -0.810. The van der Waals surface area contributed by atoms with Gasteiger partial charge >= 0.3 is 0 Å². The molecule has 0 aromatic rings. The molecule has 0 aliphatic heterocycles. The molecule has 0 amide bonds. The standard InChI is InChI=1S/C11H19NO/c1-6-8-12(11(3,4)5)9-10(13)7-2/h1H,7-9H2,2-5H3. The molecule has 0 bridgehead atoms. The average molecular weight is 181 g/mol. The number of rotatable bonds is 4. The van der Waals surface area contributed by atoms with Crippen molar-refractivity contribution >= 4 is 5.78 Å². The first-order chi connectivity index (χ1) is 5.91. The van der Waals surface area contributed by atoms with Gasteiger partial charge in [0.05, 0.1) is 13.1 Å². The highest BCUT2D eigenvalue weighted by molar-refractivity contribution is 5.80. The molecule has 2 heteroatoms. The van der Waals surface area contributed by atoms with Crippen LogP contribution in [0.15, 0.2) is 0 Å². The first-order valence-electron chi connectivity index (χ1n) is 4.62. The van der Waals surface area contributed by atoms with Gasteiger partial charge < -0.3 is 0 Å². The van der Waals surface area contributed by atoms with Crippen LogP contribution in [-0.2, 0) is 4.79 Å². The largest absolute Gasteiger partial charge is 0.298 e. The Morgan fingerprint density at radius 1 is 1.46 bits per heavy atom. The lowest BCUT2D eigenvalue weighted by atomic mass is 10.1. The van der Waals surface area contributed by atoms with Crippen molar-refractivity contribution in [1.82, 2.24) is 4.90 Å². The Morgan fingerprint density at radius 2 is 2.00 bits per heavy atom. The third kappa shape index (κ3) is 4.69. The van der Waals surface area contributed by atoms with Crippen LogP contribution in [0.5, 0.6) is 0 Å². The predicted octanol–water partition coefficient (Wildman–Crippen LogP) is 1.70. The summed E-state index contributed by atoms with van der Waals surface area (Å²) in [5, 5.41) is 0. The van der Waals surface area contributed by atoms with Crippen LogP contribution in [0.25, 0.3) is 0 Å². The zero-order valence-electron chi connectivity index (χ0n) is 9.05. The molecule has 74 valence electrons. The molecule has 0 heterocycles. The summed E-state index contributed by atoms with van der Waals surface area (Å²) in [4.78, 5) is 13.2. The maximum absolute atomic E-state index is 11.2. The van der Waals surface area contributed by atoms with Crippen molar-refractivity contribution in [2.45, 2.75) is 39.7 Å². The molecule has 0 saturated heterocycles. The molecule has 0 N–H and O–H groups in total. The fourth-order valence-electron chi connectivity index (χ4n) is 0.965. The molecule has 0 fully saturated rings. The summed E-state index contributed by atoms with van der Waals surface area (Å²) in [5.74, 6) is 2.82. The minimum atomic E-state index is -0.0306. The lowest BCUT2D eigenvalue weighted by Crippen LogP contribution is -2.44. The number of nitrogens with zero attached hydrogens (tertiary/aromatic N) is 1. The smallest absolute Gasteiger partial charge is 0.146 e. The number of ketones is 1. The van der Waals surface area contributed by atoms with Gasteiger partial charge in [0, 0.05) is 12.0 Å². The van der Waals surface area contributed by atoms with Gasteiger partial charge in [-0.2, -0.15) is 0 Å². The van der Waals surface area contributed by atoms with Gasteiger partial charge in [0.1, 0.15) is 5.78 Å². The van der Waals surface area contributed by atoms with Crippen molar-refractivity contribution in [3.63, 3.8) is 0 Å². The molecule has 0 aromatic heterocycles. The van der Waals surface area contributed by atoms with E-state index in [0.717, 1.165) is 0 Å². The van der Waals surface area contributed by atoms with Gasteiger partial charge in [-0.3, -0.25) is 9.69 Å².